The summed E-state index contributed by atoms with van der Waals surface area (Å²) >= 11 is 15.9. The predicted octanol–water partition coefficient (Wildman–Crippen LogP) is 7.35. The molecular weight excluding hydrogens is 583 g/mol. The zero-order chi connectivity index (χ0) is 26.7. The number of benzene rings is 3. The standard InChI is InChI=1S/C26H21BrCl2N4O4/c1-3-15(2)25-31-22-9-8-18(27)12-19(22)26(34)32(25)30-13-16-10-21(29)24(23(11-16)33(35)36)37-14-17-6-4-5-7-20(17)28/h4-13,15H,3,14H2,1-2H3/t15-/m1/s1. The second-order valence-electron chi connectivity index (χ2n) is 8.29. The number of ether oxygens (including phenoxy) is 1. The third-order valence-electron chi connectivity index (χ3n) is 5.78. The Morgan fingerprint density at radius 1 is 1.19 bits per heavy atom. The SMILES string of the molecule is CC[C@@H](C)c1nc2ccc(Br)cc2c(=O)n1N=Cc1cc(Cl)c(OCc2ccccc2Cl)c([N+](=O)[O-])c1. The van der Waals surface area contributed by atoms with Crippen LogP contribution >= 0.6 is 39.1 Å². The van der Waals surface area contributed by atoms with Crippen molar-refractivity contribution < 1.29 is 9.66 Å². The summed E-state index contributed by atoms with van der Waals surface area (Å²) < 4.78 is 7.65. The number of fused-ring (bicyclic) bond motifs is 1. The molecule has 190 valence electrons. The number of halogens is 3. The first-order valence-corrected chi connectivity index (χ1v) is 12.8. The third-order valence-corrected chi connectivity index (χ3v) is 6.92. The largest absolute Gasteiger partial charge is 0.481 e. The van der Waals surface area contributed by atoms with Gasteiger partial charge < -0.3 is 4.74 Å². The molecule has 0 saturated carbocycles. The number of hydrogen-bond acceptors (Lipinski definition) is 6. The van der Waals surface area contributed by atoms with Crippen LogP contribution in [0.5, 0.6) is 5.75 Å². The van der Waals surface area contributed by atoms with Gasteiger partial charge in [0.1, 0.15) is 12.4 Å². The molecule has 0 aliphatic carbocycles. The summed E-state index contributed by atoms with van der Waals surface area (Å²) in [6.07, 6.45) is 2.08. The Balaban J connectivity index is 1.74. The van der Waals surface area contributed by atoms with Gasteiger partial charge in [0.05, 0.1) is 27.1 Å². The fourth-order valence-corrected chi connectivity index (χ4v) is 4.45. The second kappa shape index (κ2) is 11.4. The van der Waals surface area contributed by atoms with E-state index < -0.39 is 4.92 Å². The van der Waals surface area contributed by atoms with Gasteiger partial charge in [-0.2, -0.15) is 9.78 Å². The van der Waals surface area contributed by atoms with Gasteiger partial charge in [0.25, 0.3) is 5.56 Å². The molecule has 4 rings (SSSR count). The molecule has 0 spiro atoms. The van der Waals surface area contributed by atoms with Crippen molar-refractivity contribution in [3.63, 3.8) is 0 Å². The van der Waals surface area contributed by atoms with Gasteiger partial charge >= 0.3 is 5.69 Å². The van der Waals surface area contributed by atoms with E-state index >= 15 is 0 Å². The lowest BCUT2D eigenvalue weighted by Gasteiger charge is -2.14. The second-order valence-corrected chi connectivity index (χ2v) is 10.0. The van der Waals surface area contributed by atoms with E-state index in [2.05, 4.69) is 26.0 Å². The molecule has 37 heavy (non-hydrogen) atoms. The average Bonchev–Trinajstić information content (AvgIpc) is 2.87. The lowest BCUT2D eigenvalue weighted by Crippen LogP contribution is -2.23. The maximum absolute atomic E-state index is 13.3. The van der Waals surface area contributed by atoms with E-state index in [-0.39, 0.29) is 34.5 Å². The number of hydrogen-bond donors (Lipinski definition) is 0. The summed E-state index contributed by atoms with van der Waals surface area (Å²) in [5, 5.41) is 17.1. The van der Waals surface area contributed by atoms with Gasteiger partial charge in [0, 0.05) is 32.6 Å². The quantitative estimate of drug-likeness (QED) is 0.119. The zero-order valence-corrected chi connectivity index (χ0v) is 22.9. The topological polar surface area (TPSA) is 99.6 Å². The first-order chi connectivity index (χ1) is 17.7. The highest BCUT2D eigenvalue weighted by Gasteiger charge is 2.21. The molecule has 1 atom stereocenters. The number of nitro benzene ring substituents is 1. The van der Waals surface area contributed by atoms with E-state index in [4.69, 9.17) is 27.9 Å². The van der Waals surface area contributed by atoms with Gasteiger partial charge in [-0.15, -0.1) is 0 Å². The maximum Gasteiger partial charge on any atom is 0.313 e. The van der Waals surface area contributed by atoms with Gasteiger partial charge in [-0.25, -0.2) is 4.98 Å². The van der Waals surface area contributed by atoms with Crippen molar-refractivity contribution in [3.05, 3.63) is 107 Å². The average molecular weight is 604 g/mol. The minimum atomic E-state index is -0.586. The molecule has 0 saturated heterocycles. The highest BCUT2D eigenvalue weighted by Crippen LogP contribution is 2.37. The van der Waals surface area contributed by atoms with Crippen LogP contribution in [-0.4, -0.2) is 20.8 Å². The number of rotatable bonds is 8. The van der Waals surface area contributed by atoms with Crippen molar-refractivity contribution in [2.24, 2.45) is 5.10 Å². The van der Waals surface area contributed by atoms with Crippen LogP contribution in [0.3, 0.4) is 0 Å². The molecule has 1 aromatic heterocycles. The molecule has 0 amide bonds. The smallest absolute Gasteiger partial charge is 0.313 e. The Hall–Kier alpha value is -3.27. The zero-order valence-electron chi connectivity index (χ0n) is 19.8. The van der Waals surface area contributed by atoms with Gasteiger partial charge in [-0.05, 0) is 36.8 Å². The Bertz CT molecular complexity index is 1590. The minimum Gasteiger partial charge on any atom is -0.481 e. The van der Waals surface area contributed by atoms with Crippen molar-refractivity contribution in [2.75, 3.05) is 0 Å². The number of nitro groups is 1. The minimum absolute atomic E-state index is 0.000349. The van der Waals surface area contributed by atoms with Crippen LogP contribution in [0.1, 0.15) is 43.1 Å². The maximum atomic E-state index is 13.3. The molecule has 0 bridgehead atoms. The molecular formula is C26H21BrCl2N4O4. The van der Waals surface area contributed by atoms with Gasteiger partial charge in [0.15, 0.2) is 0 Å². The lowest BCUT2D eigenvalue weighted by molar-refractivity contribution is -0.385. The van der Waals surface area contributed by atoms with Crippen LogP contribution in [0.25, 0.3) is 10.9 Å². The van der Waals surface area contributed by atoms with Crippen LogP contribution in [0.2, 0.25) is 10.0 Å². The van der Waals surface area contributed by atoms with Gasteiger partial charge in [0.2, 0.25) is 5.75 Å². The highest BCUT2D eigenvalue weighted by atomic mass is 79.9. The Morgan fingerprint density at radius 2 is 1.95 bits per heavy atom. The summed E-state index contributed by atoms with van der Waals surface area (Å²) in [5.74, 6) is 0.341. The molecule has 8 nitrogen and oxygen atoms in total. The fourth-order valence-electron chi connectivity index (χ4n) is 3.62. The molecule has 4 aromatic rings. The molecule has 0 radical (unpaired) electrons. The van der Waals surface area contributed by atoms with Gasteiger partial charge in [-0.3, -0.25) is 14.9 Å². The summed E-state index contributed by atoms with van der Waals surface area (Å²) in [5.41, 5.74) is 0.855. The van der Waals surface area contributed by atoms with Crippen molar-refractivity contribution in [3.8, 4) is 5.75 Å². The molecule has 0 fully saturated rings. The van der Waals surface area contributed by atoms with E-state index in [1.807, 2.05) is 19.9 Å². The van der Waals surface area contributed by atoms with Crippen molar-refractivity contribution >= 4 is 61.9 Å². The summed E-state index contributed by atoms with van der Waals surface area (Å²) in [7, 11) is 0. The lowest BCUT2D eigenvalue weighted by atomic mass is 10.1. The Morgan fingerprint density at radius 3 is 2.65 bits per heavy atom. The molecule has 11 heteroatoms. The first kappa shape index (κ1) is 26.8. The van der Waals surface area contributed by atoms with Gasteiger partial charge in [-0.1, -0.05) is 71.2 Å². The fraction of sp³-hybridized carbons (Fsp3) is 0.192. The first-order valence-electron chi connectivity index (χ1n) is 11.3. The summed E-state index contributed by atoms with van der Waals surface area (Å²) in [6.45, 7) is 3.94. The molecule has 0 aliphatic heterocycles. The number of aromatic nitrogens is 2. The molecule has 3 aromatic carbocycles. The van der Waals surface area contributed by atoms with Crippen molar-refractivity contribution in [2.45, 2.75) is 32.8 Å². The summed E-state index contributed by atoms with van der Waals surface area (Å²) in [4.78, 5) is 29.2. The van der Waals surface area contributed by atoms with Crippen LogP contribution < -0.4 is 10.3 Å². The Kier molecular flexibility index (Phi) is 8.26. The molecule has 0 aliphatic rings. The number of nitrogens with zero attached hydrogens (tertiary/aromatic N) is 4. The third kappa shape index (κ3) is 5.84. The van der Waals surface area contributed by atoms with E-state index in [9.17, 15) is 14.9 Å². The molecule has 0 N–H and O–H groups in total. The van der Waals surface area contributed by atoms with Crippen LogP contribution in [0.4, 0.5) is 5.69 Å². The van der Waals surface area contributed by atoms with Crippen molar-refractivity contribution in [1.82, 2.24) is 9.66 Å². The summed E-state index contributed by atoms with van der Waals surface area (Å²) in [6, 6.07) is 15.1. The van der Waals surface area contributed by atoms with E-state index in [1.165, 1.54) is 23.0 Å². The normalized spacial score (nSPS) is 12.2. The van der Waals surface area contributed by atoms with E-state index in [0.29, 0.717) is 32.9 Å². The van der Waals surface area contributed by atoms with Crippen molar-refractivity contribution in [1.29, 1.82) is 0 Å². The monoisotopic (exact) mass is 602 g/mol. The predicted molar refractivity (Wildman–Crippen MR) is 149 cm³/mol. The van der Waals surface area contributed by atoms with E-state index in [1.54, 1.807) is 36.4 Å². The Labute approximate surface area is 230 Å². The van der Waals surface area contributed by atoms with Crippen LogP contribution in [-0.2, 0) is 6.61 Å². The van der Waals surface area contributed by atoms with Crippen LogP contribution in [0, 0.1) is 10.1 Å². The van der Waals surface area contributed by atoms with Crippen LogP contribution in [0.15, 0.2) is 69.0 Å². The molecule has 1 heterocycles. The highest BCUT2D eigenvalue weighted by molar-refractivity contribution is 9.10. The molecule has 0 unspecified atom stereocenters. The van der Waals surface area contributed by atoms with E-state index in [0.717, 1.165) is 10.9 Å².